The van der Waals surface area contributed by atoms with Gasteiger partial charge < -0.3 is 5.11 Å². The van der Waals surface area contributed by atoms with Crippen molar-refractivity contribution in [1.82, 2.24) is 0 Å². The highest BCUT2D eigenvalue weighted by Gasteiger charge is 2.26. The second-order valence-corrected chi connectivity index (χ2v) is 6.35. The lowest BCUT2D eigenvalue weighted by molar-refractivity contribution is 0.0868. The third-order valence-electron chi connectivity index (χ3n) is 4.78. The van der Waals surface area contributed by atoms with Gasteiger partial charge in [-0.15, -0.1) is 0 Å². The molecule has 1 nitrogen and oxygen atoms in total. The van der Waals surface area contributed by atoms with E-state index in [9.17, 15) is 5.11 Å². The Bertz CT molecular complexity index is 385. The number of rotatable bonds is 8. The third kappa shape index (κ3) is 4.34. The molecule has 1 aliphatic rings. The number of benzene rings is 1. The van der Waals surface area contributed by atoms with Crippen LogP contribution in [-0.4, -0.2) is 5.11 Å². The highest BCUT2D eigenvalue weighted by molar-refractivity contribution is 5.31. The van der Waals surface area contributed by atoms with Crippen molar-refractivity contribution in [2.24, 2.45) is 5.92 Å². The molecule has 0 saturated carbocycles. The van der Waals surface area contributed by atoms with Crippen LogP contribution in [0, 0.1) is 5.92 Å². The molecule has 0 spiro atoms. The number of hydrogen-bond donors (Lipinski definition) is 1. The van der Waals surface area contributed by atoms with E-state index < -0.39 is 0 Å². The molecule has 0 heterocycles. The standard InChI is InChI=1S/C19H30O/c1-2-3-4-5-6-7-8-12-17-15-14-16-11-9-10-13-18(16)19(17)20/h9-11,13,17,19-20H,2-8,12,14-15H2,1H3. The van der Waals surface area contributed by atoms with Crippen LogP contribution in [-0.2, 0) is 6.42 Å². The summed E-state index contributed by atoms with van der Waals surface area (Å²) >= 11 is 0. The summed E-state index contributed by atoms with van der Waals surface area (Å²) in [6, 6.07) is 8.42. The Morgan fingerprint density at radius 1 is 1.00 bits per heavy atom. The van der Waals surface area contributed by atoms with E-state index in [0.29, 0.717) is 5.92 Å². The average Bonchev–Trinajstić information content (AvgIpc) is 2.49. The molecule has 1 N–H and O–H groups in total. The molecule has 0 fully saturated rings. The molecule has 0 radical (unpaired) electrons. The van der Waals surface area contributed by atoms with Gasteiger partial charge in [0.15, 0.2) is 0 Å². The molecule has 0 saturated heterocycles. The average molecular weight is 274 g/mol. The van der Waals surface area contributed by atoms with Crippen molar-refractivity contribution in [2.75, 3.05) is 0 Å². The van der Waals surface area contributed by atoms with Gasteiger partial charge >= 0.3 is 0 Å². The number of unbranched alkanes of at least 4 members (excludes halogenated alkanes) is 6. The first-order valence-corrected chi connectivity index (χ1v) is 8.58. The Kier molecular flexibility index (Phi) is 6.59. The topological polar surface area (TPSA) is 20.2 Å². The molecular weight excluding hydrogens is 244 g/mol. The number of aliphatic hydroxyl groups is 1. The van der Waals surface area contributed by atoms with Crippen LogP contribution in [0.5, 0.6) is 0 Å². The predicted octanol–water partition coefficient (Wildman–Crippen LogP) is 5.42. The molecular formula is C19H30O. The lowest BCUT2D eigenvalue weighted by Gasteiger charge is -2.30. The number of fused-ring (bicyclic) bond motifs is 1. The maximum Gasteiger partial charge on any atom is 0.0820 e. The third-order valence-corrected chi connectivity index (χ3v) is 4.78. The maximum absolute atomic E-state index is 10.5. The van der Waals surface area contributed by atoms with E-state index in [0.717, 1.165) is 12.8 Å². The SMILES string of the molecule is CCCCCCCCCC1CCc2ccccc2C1O. The van der Waals surface area contributed by atoms with Crippen LogP contribution in [0.3, 0.4) is 0 Å². The van der Waals surface area contributed by atoms with E-state index in [2.05, 4.69) is 31.2 Å². The van der Waals surface area contributed by atoms with E-state index in [4.69, 9.17) is 0 Å². The molecule has 0 bridgehead atoms. The summed E-state index contributed by atoms with van der Waals surface area (Å²) in [6.45, 7) is 2.27. The van der Waals surface area contributed by atoms with Gasteiger partial charge in [-0.3, -0.25) is 0 Å². The molecule has 1 aliphatic carbocycles. The van der Waals surface area contributed by atoms with Gasteiger partial charge in [0.2, 0.25) is 0 Å². The summed E-state index contributed by atoms with van der Waals surface area (Å²) in [6.07, 6.45) is 12.8. The Balaban J connectivity index is 1.67. The van der Waals surface area contributed by atoms with Crippen molar-refractivity contribution in [3.8, 4) is 0 Å². The highest BCUT2D eigenvalue weighted by Crippen LogP contribution is 2.37. The Morgan fingerprint density at radius 2 is 1.70 bits per heavy atom. The van der Waals surface area contributed by atoms with Crippen LogP contribution in [0.4, 0.5) is 0 Å². The van der Waals surface area contributed by atoms with Crippen molar-refractivity contribution >= 4 is 0 Å². The highest BCUT2D eigenvalue weighted by atomic mass is 16.3. The Hall–Kier alpha value is -0.820. The first-order valence-electron chi connectivity index (χ1n) is 8.58. The normalized spacial score (nSPS) is 21.7. The molecule has 0 aromatic heterocycles. The summed E-state index contributed by atoms with van der Waals surface area (Å²) < 4.78 is 0. The Morgan fingerprint density at radius 3 is 2.50 bits per heavy atom. The number of aliphatic hydroxyl groups excluding tert-OH is 1. The summed E-state index contributed by atoms with van der Waals surface area (Å²) in [5.41, 5.74) is 2.54. The molecule has 2 unspecified atom stereocenters. The van der Waals surface area contributed by atoms with Gasteiger partial charge in [0.05, 0.1) is 6.10 Å². The molecule has 1 aromatic rings. The van der Waals surface area contributed by atoms with Gasteiger partial charge in [-0.05, 0) is 36.3 Å². The zero-order chi connectivity index (χ0) is 14.2. The van der Waals surface area contributed by atoms with Crippen LogP contribution in [0.25, 0.3) is 0 Å². The fraction of sp³-hybridized carbons (Fsp3) is 0.684. The van der Waals surface area contributed by atoms with Crippen molar-refractivity contribution in [3.05, 3.63) is 35.4 Å². The molecule has 1 aromatic carbocycles. The van der Waals surface area contributed by atoms with E-state index >= 15 is 0 Å². The van der Waals surface area contributed by atoms with Crippen LogP contribution in [0.1, 0.15) is 81.9 Å². The lowest BCUT2D eigenvalue weighted by atomic mass is 9.79. The second-order valence-electron chi connectivity index (χ2n) is 6.35. The zero-order valence-electron chi connectivity index (χ0n) is 13.0. The van der Waals surface area contributed by atoms with Gasteiger partial charge in [0.1, 0.15) is 0 Å². The largest absolute Gasteiger partial charge is 0.388 e. The maximum atomic E-state index is 10.5. The molecule has 0 amide bonds. The quantitative estimate of drug-likeness (QED) is 0.627. The number of aryl methyl sites for hydroxylation is 1. The first kappa shape index (κ1) is 15.6. The summed E-state index contributed by atoms with van der Waals surface area (Å²) in [4.78, 5) is 0. The molecule has 1 heteroatoms. The summed E-state index contributed by atoms with van der Waals surface area (Å²) in [5.74, 6) is 0.487. The van der Waals surface area contributed by atoms with Crippen molar-refractivity contribution < 1.29 is 5.11 Å². The molecule has 20 heavy (non-hydrogen) atoms. The monoisotopic (exact) mass is 274 g/mol. The van der Waals surface area contributed by atoms with E-state index in [1.54, 1.807) is 0 Å². The summed E-state index contributed by atoms with van der Waals surface area (Å²) in [5, 5.41) is 10.5. The number of hydrogen-bond acceptors (Lipinski definition) is 1. The van der Waals surface area contributed by atoms with E-state index in [-0.39, 0.29) is 6.10 Å². The zero-order valence-corrected chi connectivity index (χ0v) is 13.0. The van der Waals surface area contributed by atoms with Crippen LogP contribution >= 0.6 is 0 Å². The van der Waals surface area contributed by atoms with Gasteiger partial charge in [0.25, 0.3) is 0 Å². The van der Waals surface area contributed by atoms with E-state index in [1.165, 1.54) is 62.5 Å². The van der Waals surface area contributed by atoms with Crippen LogP contribution in [0.15, 0.2) is 24.3 Å². The van der Waals surface area contributed by atoms with Gasteiger partial charge in [0, 0.05) is 0 Å². The fourth-order valence-electron chi connectivity index (χ4n) is 3.47. The summed E-state index contributed by atoms with van der Waals surface area (Å²) in [7, 11) is 0. The molecule has 2 atom stereocenters. The van der Waals surface area contributed by atoms with Gasteiger partial charge in [-0.2, -0.15) is 0 Å². The lowest BCUT2D eigenvalue weighted by Crippen LogP contribution is -2.20. The molecule has 2 rings (SSSR count). The molecule has 112 valence electrons. The van der Waals surface area contributed by atoms with Gasteiger partial charge in [-0.25, -0.2) is 0 Å². The predicted molar refractivity (Wildman–Crippen MR) is 85.8 cm³/mol. The van der Waals surface area contributed by atoms with Crippen LogP contribution in [0.2, 0.25) is 0 Å². The minimum atomic E-state index is -0.222. The van der Waals surface area contributed by atoms with Crippen molar-refractivity contribution in [2.45, 2.75) is 77.2 Å². The van der Waals surface area contributed by atoms with E-state index in [1.807, 2.05) is 0 Å². The van der Waals surface area contributed by atoms with Crippen molar-refractivity contribution in [3.63, 3.8) is 0 Å². The molecule has 0 aliphatic heterocycles. The first-order chi connectivity index (χ1) is 9.83. The Labute approximate surface area is 124 Å². The van der Waals surface area contributed by atoms with Gasteiger partial charge in [-0.1, -0.05) is 76.1 Å². The minimum Gasteiger partial charge on any atom is -0.388 e. The minimum absolute atomic E-state index is 0.222. The second kappa shape index (κ2) is 8.46. The smallest absolute Gasteiger partial charge is 0.0820 e. The van der Waals surface area contributed by atoms with Crippen LogP contribution < -0.4 is 0 Å². The van der Waals surface area contributed by atoms with Crippen molar-refractivity contribution in [1.29, 1.82) is 0 Å². The fourth-order valence-corrected chi connectivity index (χ4v) is 3.47.